The molecule has 100 valence electrons. The van der Waals surface area contributed by atoms with Crippen molar-refractivity contribution in [3.63, 3.8) is 0 Å². The molecule has 0 bridgehead atoms. The van der Waals surface area contributed by atoms with Crippen LogP contribution in [0.2, 0.25) is 0 Å². The normalized spacial score (nSPS) is 10.9. The third-order valence-corrected chi connectivity index (χ3v) is 3.55. The number of rotatable bonds is 2. The largest absolute Gasteiger partial charge is 0.354 e. The number of hydrogen-bond donors (Lipinski definition) is 1. The molecule has 0 saturated heterocycles. The van der Waals surface area contributed by atoms with Crippen molar-refractivity contribution in [2.45, 2.75) is 13.8 Å². The van der Waals surface area contributed by atoms with Crippen molar-refractivity contribution in [2.24, 2.45) is 0 Å². The fourth-order valence-electron chi connectivity index (χ4n) is 2.67. The molecule has 0 unspecified atom stereocenters. The number of aromatic nitrogens is 1. The molecule has 20 heavy (non-hydrogen) atoms. The van der Waals surface area contributed by atoms with Gasteiger partial charge in [0.15, 0.2) is 6.29 Å². The monoisotopic (exact) mass is 267 g/mol. The van der Waals surface area contributed by atoms with Crippen molar-refractivity contribution in [2.75, 3.05) is 0 Å². The zero-order valence-electron chi connectivity index (χ0n) is 11.3. The van der Waals surface area contributed by atoms with Crippen molar-refractivity contribution < 1.29 is 9.18 Å². The van der Waals surface area contributed by atoms with Gasteiger partial charge in [-0.25, -0.2) is 4.39 Å². The Hall–Kier alpha value is -2.42. The van der Waals surface area contributed by atoms with Gasteiger partial charge in [0.1, 0.15) is 5.82 Å². The van der Waals surface area contributed by atoms with Gasteiger partial charge in [-0.05, 0) is 37.6 Å². The number of carbonyl (C=O) groups excluding carboxylic acids is 1. The standard InChI is InChI=1S/C17H14FNO/c1-10-7-11(2)16-13(8-10)14(9-20)17(19-16)12-5-3-4-6-15(12)18/h3-9,19H,1-2H3. The van der Waals surface area contributed by atoms with Gasteiger partial charge in [0, 0.05) is 22.0 Å². The van der Waals surface area contributed by atoms with Crippen molar-refractivity contribution in [1.29, 1.82) is 0 Å². The second-order valence-corrected chi connectivity index (χ2v) is 5.02. The molecule has 1 aromatic heterocycles. The molecule has 3 heteroatoms. The predicted octanol–water partition coefficient (Wildman–Crippen LogP) is 4.40. The quantitative estimate of drug-likeness (QED) is 0.686. The highest BCUT2D eigenvalue weighted by Gasteiger charge is 2.16. The molecule has 1 N–H and O–H groups in total. The molecule has 0 saturated carbocycles. The van der Waals surface area contributed by atoms with Crippen LogP contribution in [0.3, 0.4) is 0 Å². The van der Waals surface area contributed by atoms with E-state index in [0.29, 0.717) is 16.8 Å². The van der Waals surface area contributed by atoms with Gasteiger partial charge in [0.05, 0.1) is 5.69 Å². The summed E-state index contributed by atoms with van der Waals surface area (Å²) in [6, 6.07) is 10.5. The van der Waals surface area contributed by atoms with Gasteiger partial charge in [-0.1, -0.05) is 23.8 Å². The molecule has 0 amide bonds. The zero-order chi connectivity index (χ0) is 14.3. The lowest BCUT2D eigenvalue weighted by Crippen LogP contribution is -1.88. The Balaban J connectivity index is 2.40. The number of halogens is 1. The second-order valence-electron chi connectivity index (χ2n) is 5.02. The van der Waals surface area contributed by atoms with Gasteiger partial charge in [0.2, 0.25) is 0 Å². The molecule has 1 heterocycles. The summed E-state index contributed by atoms with van der Waals surface area (Å²) in [5.41, 5.74) is 4.49. The first kappa shape index (κ1) is 12.6. The zero-order valence-corrected chi connectivity index (χ0v) is 11.3. The predicted molar refractivity (Wildman–Crippen MR) is 78.6 cm³/mol. The number of fused-ring (bicyclic) bond motifs is 1. The Kier molecular flexibility index (Phi) is 2.90. The molecule has 0 spiro atoms. The Labute approximate surface area is 116 Å². The fourth-order valence-corrected chi connectivity index (χ4v) is 2.67. The molecule has 0 aliphatic heterocycles. The highest BCUT2D eigenvalue weighted by molar-refractivity contribution is 6.05. The summed E-state index contributed by atoms with van der Waals surface area (Å²) < 4.78 is 14.0. The molecule has 2 nitrogen and oxygen atoms in total. The average molecular weight is 267 g/mol. The van der Waals surface area contributed by atoms with Gasteiger partial charge in [-0.3, -0.25) is 4.79 Å². The van der Waals surface area contributed by atoms with Crippen LogP contribution in [0.25, 0.3) is 22.2 Å². The number of H-pyrrole nitrogens is 1. The van der Waals surface area contributed by atoms with Crippen LogP contribution in [0.4, 0.5) is 4.39 Å². The van der Waals surface area contributed by atoms with Gasteiger partial charge in [0.25, 0.3) is 0 Å². The van der Waals surface area contributed by atoms with Crippen LogP contribution >= 0.6 is 0 Å². The minimum atomic E-state index is -0.337. The van der Waals surface area contributed by atoms with Crippen LogP contribution in [0, 0.1) is 19.7 Å². The molecule has 0 radical (unpaired) electrons. The van der Waals surface area contributed by atoms with Crippen LogP contribution in [0.1, 0.15) is 21.5 Å². The maximum atomic E-state index is 14.0. The van der Waals surface area contributed by atoms with Crippen LogP contribution in [0.15, 0.2) is 36.4 Å². The first-order chi connectivity index (χ1) is 9.61. The van der Waals surface area contributed by atoms with Crippen LogP contribution in [-0.4, -0.2) is 11.3 Å². The Morgan fingerprint density at radius 2 is 1.90 bits per heavy atom. The lowest BCUT2D eigenvalue weighted by atomic mass is 10.0. The summed E-state index contributed by atoms with van der Waals surface area (Å²) in [5.74, 6) is -0.337. The highest BCUT2D eigenvalue weighted by atomic mass is 19.1. The summed E-state index contributed by atoms with van der Waals surface area (Å²) in [6.45, 7) is 3.96. The first-order valence-corrected chi connectivity index (χ1v) is 6.45. The second kappa shape index (κ2) is 4.60. The number of benzene rings is 2. The molecule has 0 aliphatic carbocycles. The first-order valence-electron chi connectivity index (χ1n) is 6.45. The number of hydrogen-bond acceptors (Lipinski definition) is 1. The van der Waals surface area contributed by atoms with E-state index < -0.39 is 0 Å². The molecule has 0 aliphatic rings. The van der Waals surface area contributed by atoms with E-state index in [9.17, 15) is 9.18 Å². The topological polar surface area (TPSA) is 32.9 Å². The third-order valence-electron chi connectivity index (χ3n) is 3.55. The minimum absolute atomic E-state index is 0.337. The summed E-state index contributed by atoms with van der Waals surface area (Å²) in [4.78, 5) is 14.7. The van der Waals surface area contributed by atoms with Gasteiger partial charge >= 0.3 is 0 Å². The molecular weight excluding hydrogens is 253 g/mol. The van der Waals surface area contributed by atoms with E-state index in [1.807, 2.05) is 26.0 Å². The number of aromatic amines is 1. The summed E-state index contributed by atoms with van der Waals surface area (Å²) >= 11 is 0. The van der Waals surface area contributed by atoms with Crippen molar-refractivity contribution >= 4 is 17.2 Å². The maximum absolute atomic E-state index is 14.0. The average Bonchev–Trinajstić information content (AvgIpc) is 2.77. The van der Waals surface area contributed by atoms with Crippen molar-refractivity contribution in [1.82, 2.24) is 4.98 Å². The summed E-state index contributed by atoms with van der Waals surface area (Å²) in [6.07, 6.45) is 0.791. The van der Waals surface area contributed by atoms with E-state index in [-0.39, 0.29) is 5.82 Å². The van der Waals surface area contributed by atoms with Gasteiger partial charge < -0.3 is 4.98 Å². The molecule has 2 aromatic carbocycles. The van der Waals surface area contributed by atoms with E-state index in [0.717, 1.165) is 28.3 Å². The number of carbonyl (C=O) groups is 1. The third kappa shape index (κ3) is 1.83. The molecule has 0 fully saturated rings. The van der Waals surface area contributed by atoms with Gasteiger partial charge in [-0.15, -0.1) is 0 Å². The number of aldehydes is 1. The Bertz CT molecular complexity index is 817. The molecular formula is C17H14FNO. The molecule has 3 rings (SSSR count). The van der Waals surface area contributed by atoms with Gasteiger partial charge in [-0.2, -0.15) is 0 Å². The lowest BCUT2D eigenvalue weighted by molar-refractivity contribution is 0.112. The summed E-state index contributed by atoms with van der Waals surface area (Å²) in [5, 5.41) is 0.843. The van der Waals surface area contributed by atoms with E-state index in [4.69, 9.17) is 0 Å². The van der Waals surface area contributed by atoms with Crippen LogP contribution in [-0.2, 0) is 0 Å². The molecule has 0 atom stereocenters. The number of nitrogens with one attached hydrogen (secondary N) is 1. The summed E-state index contributed by atoms with van der Waals surface area (Å²) in [7, 11) is 0. The fraction of sp³-hybridized carbons (Fsp3) is 0.118. The van der Waals surface area contributed by atoms with E-state index in [1.165, 1.54) is 6.07 Å². The Morgan fingerprint density at radius 1 is 1.15 bits per heavy atom. The van der Waals surface area contributed by atoms with Crippen molar-refractivity contribution in [3.8, 4) is 11.3 Å². The van der Waals surface area contributed by atoms with Crippen molar-refractivity contribution in [3.05, 3.63) is 58.9 Å². The SMILES string of the molecule is Cc1cc(C)c2[nH]c(-c3ccccc3F)c(C=O)c2c1. The lowest BCUT2D eigenvalue weighted by Gasteiger charge is -2.01. The van der Waals surface area contributed by atoms with Crippen LogP contribution < -0.4 is 0 Å². The number of aryl methyl sites for hydroxylation is 2. The van der Waals surface area contributed by atoms with E-state index in [1.54, 1.807) is 18.2 Å². The minimum Gasteiger partial charge on any atom is -0.354 e. The molecule has 3 aromatic rings. The Morgan fingerprint density at radius 3 is 2.60 bits per heavy atom. The van der Waals surface area contributed by atoms with E-state index in [2.05, 4.69) is 4.98 Å². The van der Waals surface area contributed by atoms with Crippen LogP contribution in [0.5, 0.6) is 0 Å². The van der Waals surface area contributed by atoms with E-state index >= 15 is 0 Å². The highest BCUT2D eigenvalue weighted by Crippen LogP contribution is 2.32. The smallest absolute Gasteiger partial charge is 0.152 e. The maximum Gasteiger partial charge on any atom is 0.152 e.